The predicted octanol–water partition coefficient (Wildman–Crippen LogP) is 6.11. The number of hydrogen-bond acceptors (Lipinski definition) is 1. The fourth-order valence-electron chi connectivity index (χ4n) is 3.60. The molecule has 23 heavy (non-hydrogen) atoms. The minimum Gasteiger partial charge on any atom is -0.143 e. The third-order valence-electron chi connectivity index (χ3n) is 4.81. The van der Waals surface area contributed by atoms with Crippen molar-refractivity contribution in [2.45, 2.75) is 30.6 Å². The Kier molecular flexibility index (Phi) is 3.97. The van der Waals surface area contributed by atoms with Crippen LogP contribution < -0.4 is 0 Å². The molecule has 2 aromatic rings. The summed E-state index contributed by atoms with van der Waals surface area (Å²) in [5.74, 6) is 0. The van der Waals surface area contributed by atoms with Crippen molar-refractivity contribution in [1.82, 2.24) is 0 Å². The Bertz CT molecular complexity index is 837. The summed E-state index contributed by atoms with van der Waals surface area (Å²) in [5, 5.41) is 0. The number of rotatable bonds is 1. The molecule has 0 aliphatic heterocycles. The van der Waals surface area contributed by atoms with Crippen LogP contribution >= 0.6 is 12.6 Å². The molecule has 0 N–H and O–H groups in total. The Hall–Kier alpha value is -1.99. The maximum atomic E-state index is 4.63. The fourth-order valence-corrected chi connectivity index (χ4v) is 3.83. The summed E-state index contributed by atoms with van der Waals surface area (Å²) in [7, 11) is 0. The summed E-state index contributed by atoms with van der Waals surface area (Å²) in [6, 6.07) is 17.2. The highest BCUT2D eigenvalue weighted by Gasteiger charge is 2.20. The Morgan fingerprint density at radius 2 is 1.70 bits per heavy atom. The highest BCUT2D eigenvalue weighted by atomic mass is 32.1. The van der Waals surface area contributed by atoms with Gasteiger partial charge in [0.05, 0.1) is 0 Å². The molecule has 0 atom stereocenters. The molecule has 2 aliphatic carbocycles. The molecule has 0 aromatic heterocycles. The number of fused-ring (bicyclic) bond motifs is 1. The topological polar surface area (TPSA) is 0 Å². The second-order valence-electron chi connectivity index (χ2n) is 6.23. The highest BCUT2D eigenvalue weighted by Crippen LogP contribution is 2.39. The van der Waals surface area contributed by atoms with Gasteiger partial charge >= 0.3 is 0 Å². The summed E-state index contributed by atoms with van der Waals surface area (Å²) >= 11 is 4.63. The van der Waals surface area contributed by atoms with Crippen LogP contribution in [0.15, 0.2) is 76.7 Å². The molecule has 0 spiro atoms. The van der Waals surface area contributed by atoms with Crippen LogP contribution in [0.2, 0.25) is 0 Å². The summed E-state index contributed by atoms with van der Waals surface area (Å²) in [6.45, 7) is 0. The summed E-state index contributed by atoms with van der Waals surface area (Å²) < 4.78 is 0. The second kappa shape index (κ2) is 6.25. The first kappa shape index (κ1) is 14.6. The molecule has 0 bridgehead atoms. The molecule has 0 amide bonds. The molecular weight excluding hydrogens is 296 g/mol. The first-order valence-corrected chi connectivity index (χ1v) is 8.74. The first-order valence-electron chi connectivity index (χ1n) is 8.30. The van der Waals surface area contributed by atoms with E-state index < -0.39 is 0 Å². The Morgan fingerprint density at radius 3 is 2.61 bits per heavy atom. The van der Waals surface area contributed by atoms with Crippen molar-refractivity contribution < 1.29 is 0 Å². The molecule has 0 fully saturated rings. The SMILES string of the molecule is Sc1ccccc1/C=C1\C2=C(CCC=C2)CCc2ccccc21. The maximum absolute atomic E-state index is 4.63. The van der Waals surface area contributed by atoms with Crippen LogP contribution in [0.5, 0.6) is 0 Å². The number of aryl methyl sites for hydroxylation is 1. The van der Waals surface area contributed by atoms with E-state index in [9.17, 15) is 0 Å². The third-order valence-corrected chi connectivity index (χ3v) is 5.22. The van der Waals surface area contributed by atoms with Gasteiger partial charge in [-0.15, -0.1) is 12.6 Å². The highest BCUT2D eigenvalue weighted by molar-refractivity contribution is 7.80. The van der Waals surface area contributed by atoms with Gasteiger partial charge in [0.2, 0.25) is 0 Å². The van der Waals surface area contributed by atoms with Crippen molar-refractivity contribution in [3.05, 3.63) is 88.5 Å². The minimum absolute atomic E-state index is 1.03. The largest absolute Gasteiger partial charge is 0.143 e. The Morgan fingerprint density at radius 1 is 0.870 bits per heavy atom. The van der Waals surface area contributed by atoms with Crippen LogP contribution in [-0.4, -0.2) is 0 Å². The monoisotopic (exact) mass is 316 g/mol. The van der Waals surface area contributed by atoms with Gasteiger partial charge in [0, 0.05) is 4.90 Å². The van der Waals surface area contributed by atoms with Crippen molar-refractivity contribution in [3.63, 3.8) is 0 Å². The quantitative estimate of drug-likeness (QED) is 0.603. The van der Waals surface area contributed by atoms with Crippen molar-refractivity contribution in [3.8, 4) is 0 Å². The molecule has 2 aliphatic rings. The molecule has 114 valence electrons. The second-order valence-corrected chi connectivity index (χ2v) is 6.71. The lowest BCUT2D eigenvalue weighted by molar-refractivity contribution is 0.838. The maximum Gasteiger partial charge on any atom is 0.0113 e. The van der Waals surface area contributed by atoms with E-state index in [1.165, 1.54) is 47.1 Å². The average molecular weight is 316 g/mol. The van der Waals surface area contributed by atoms with E-state index >= 15 is 0 Å². The summed E-state index contributed by atoms with van der Waals surface area (Å²) in [6.07, 6.45) is 11.6. The third kappa shape index (κ3) is 2.82. The van der Waals surface area contributed by atoms with Crippen LogP contribution in [0.4, 0.5) is 0 Å². The van der Waals surface area contributed by atoms with Gasteiger partial charge in [-0.3, -0.25) is 0 Å². The van der Waals surface area contributed by atoms with Crippen LogP contribution in [-0.2, 0) is 6.42 Å². The van der Waals surface area contributed by atoms with E-state index in [2.05, 4.69) is 73.3 Å². The molecule has 0 saturated heterocycles. The van der Waals surface area contributed by atoms with E-state index in [0.717, 1.165) is 11.3 Å². The smallest absolute Gasteiger partial charge is 0.0113 e. The molecule has 0 radical (unpaired) electrons. The van der Waals surface area contributed by atoms with Gasteiger partial charge < -0.3 is 0 Å². The van der Waals surface area contributed by atoms with E-state index in [1.807, 2.05) is 6.07 Å². The zero-order valence-electron chi connectivity index (χ0n) is 13.1. The van der Waals surface area contributed by atoms with E-state index in [0.29, 0.717) is 0 Å². The molecule has 0 saturated carbocycles. The lowest BCUT2D eigenvalue weighted by atomic mass is 9.88. The Labute approximate surface area is 143 Å². The molecule has 4 rings (SSSR count). The van der Waals surface area contributed by atoms with Crippen LogP contribution in [0.25, 0.3) is 11.6 Å². The zero-order valence-corrected chi connectivity index (χ0v) is 14.0. The van der Waals surface area contributed by atoms with Crippen LogP contribution in [0.1, 0.15) is 36.0 Å². The lowest BCUT2D eigenvalue weighted by Crippen LogP contribution is -1.96. The number of benzene rings is 2. The molecule has 0 unspecified atom stereocenters. The van der Waals surface area contributed by atoms with Crippen molar-refractivity contribution in [2.75, 3.05) is 0 Å². The fraction of sp³-hybridized carbons (Fsp3) is 0.182. The Balaban J connectivity index is 1.95. The minimum atomic E-state index is 1.03. The lowest BCUT2D eigenvalue weighted by Gasteiger charge is -2.17. The van der Waals surface area contributed by atoms with E-state index in [1.54, 1.807) is 5.57 Å². The van der Waals surface area contributed by atoms with Crippen LogP contribution in [0.3, 0.4) is 0 Å². The summed E-state index contributed by atoms with van der Waals surface area (Å²) in [5.41, 5.74) is 8.40. The van der Waals surface area contributed by atoms with E-state index in [4.69, 9.17) is 0 Å². The number of thiol groups is 1. The molecule has 2 aromatic carbocycles. The van der Waals surface area contributed by atoms with Crippen molar-refractivity contribution in [2.24, 2.45) is 0 Å². The molecule has 0 heterocycles. The van der Waals surface area contributed by atoms with Gasteiger partial charge in [-0.05, 0) is 65.7 Å². The number of allylic oxidation sites excluding steroid dienone is 5. The van der Waals surface area contributed by atoms with Crippen molar-refractivity contribution in [1.29, 1.82) is 0 Å². The zero-order chi connectivity index (χ0) is 15.6. The van der Waals surface area contributed by atoms with Gasteiger partial charge in [0.1, 0.15) is 0 Å². The number of hydrogen-bond donors (Lipinski definition) is 1. The van der Waals surface area contributed by atoms with Gasteiger partial charge in [0.15, 0.2) is 0 Å². The summed E-state index contributed by atoms with van der Waals surface area (Å²) in [4.78, 5) is 1.03. The molecule has 0 nitrogen and oxygen atoms in total. The standard InChI is InChI=1S/C22H20S/c23-22-12-6-3-9-18(22)15-21-19-10-4-1-7-16(19)13-14-17-8-2-5-11-20(17)21/h1,3-7,9-12,15,23H,2,8,13-14H2/b21-15-. The average Bonchev–Trinajstić information content (AvgIpc) is 2.75. The van der Waals surface area contributed by atoms with Crippen molar-refractivity contribution >= 4 is 24.3 Å². The van der Waals surface area contributed by atoms with Gasteiger partial charge in [0.25, 0.3) is 0 Å². The van der Waals surface area contributed by atoms with Gasteiger partial charge in [-0.1, -0.05) is 60.2 Å². The van der Waals surface area contributed by atoms with Crippen LogP contribution in [0, 0.1) is 0 Å². The normalized spacial score (nSPS) is 18.6. The predicted molar refractivity (Wildman–Crippen MR) is 102 cm³/mol. The molecule has 1 heteroatoms. The van der Waals surface area contributed by atoms with Gasteiger partial charge in [-0.25, -0.2) is 0 Å². The molecular formula is C22H20S. The first-order chi connectivity index (χ1) is 11.3. The van der Waals surface area contributed by atoms with Gasteiger partial charge in [-0.2, -0.15) is 0 Å². The van der Waals surface area contributed by atoms with E-state index in [-0.39, 0.29) is 0 Å².